The molecule has 0 spiro atoms. The average molecular weight is 239 g/mol. The maximum absolute atomic E-state index is 11.7. The number of nitrogens with zero attached hydrogens (tertiary/aromatic N) is 1. The predicted octanol–water partition coefficient (Wildman–Crippen LogP) is -0.469. The van der Waals surface area contributed by atoms with Gasteiger partial charge >= 0.3 is 0 Å². The number of carbonyl (C=O) groups is 2. The molecule has 0 atom stereocenters. The van der Waals surface area contributed by atoms with Gasteiger partial charge in [0.2, 0.25) is 5.91 Å². The van der Waals surface area contributed by atoms with Crippen LogP contribution in [0.25, 0.3) is 0 Å². The van der Waals surface area contributed by atoms with E-state index in [0.29, 0.717) is 25.1 Å². The lowest BCUT2D eigenvalue weighted by Gasteiger charge is -2.16. The molecular weight excluding hydrogens is 222 g/mol. The molecule has 1 fully saturated rings. The molecule has 1 aliphatic carbocycles. The van der Waals surface area contributed by atoms with Crippen molar-refractivity contribution in [2.24, 2.45) is 10.5 Å². The normalized spacial score (nSPS) is 21.5. The largest absolute Gasteiger partial charge is 0.396 e. The minimum Gasteiger partial charge on any atom is -0.396 e. The van der Waals surface area contributed by atoms with E-state index in [0.717, 1.165) is 19.3 Å². The minimum atomic E-state index is -0.214. The fraction of sp³-hybridized carbons (Fsp3) is 0.727. The summed E-state index contributed by atoms with van der Waals surface area (Å²) >= 11 is 0. The number of hydrogen-bond donors (Lipinski definition) is 3. The van der Waals surface area contributed by atoms with Gasteiger partial charge in [0.1, 0.15) is 5.71 Å². The highest BCUT2D eigenvalue weighted by atomic mass is 16.3. The van der Waals surface area contributed by atoms with E-state index in [-0.39, 0.29) is 23.8 Å². The van der Waals surface area contributed by atoms with Crippen molar-refractivity contribution in [1.29, 1.82) is 0 Å². The molecule has 0 unspecified atom stereocenters. The van der Waals surface area contributed by atoms with E-state index in [1.165, 1.54) is 0 Å². The molecule has 0 bridgehead atoms. The molecule has 0 aromatic heterocycles. The van der Waals surface area contributed by atoms with Gasteiger partial charge in [0.15, 0.2) is 0 Å². The van der Waals surface area contributed by atoms with Crippen LogP contribution in [0.15, 0.2) is 5.10 Å². The second-order valence-electron chi connectivity index (χ2n) is 4.75. The molecule has 0 aromatic carbocycles. The summed E-state index contributed by atoms with van der Waals surface area (Å²) in [6.07, 6.45) is 3.54. The average Bonchev–Trinajstić information content (AvgIpc) is 3.08. The van der Waals surface area contributed by atoms with Crippen molar-refractivity contribution in [1.82, 2.24) is 10.7 Å². The highest BCUT2D eigenvalue weighted by Gasteiger charge is 2.42. The second-order valence-corrected chi connectivity index (χ2v) is 4.75. The Balaban J connectivity index is 1.80. The monoisotopic (exact) mass is 239 g/mol. The first-order valence-electron chi connectivity index (χ1n) is 5.90. The molecule has 1 aliphatic heterocycles. The third kappa shape index (κ3) is 3.03. The smallest absolute Gasteiger partial charge is 0.267 e. The van der Waals surface area contributed by atoms with Crippen molar-refractivity contribution in [3.63, 3.8) is 0 Å². The maximum atomic E-state index is 11.7. The predicted molar refractivity (Wildman–Crippen MR) is 61.2 cm³/mol. The van der Waals surface area contributed by atoms with Gasteiger partial charge in [-0.2, -0.15) is 5.10 Å². The zero-order valence-electron chi connectivity index (χ0n) is 9.66. The number of carbonyl (C=O) groups excluding carboxylic acids is 2. The van der Waals surface area contributed by atoms with Crippen molar-refractivity contribution in [3.8, 4) is 0 Å². The molecule has 2 amide bonds. The molecule has 6 heteroatoms. The van der Waals surface area contributed by atoms with Crippen LogP contribution < -0.4 is 10.7 Å². The standard InChI is InChI=1S/C11H17N3O3/c15-6-5-11(3-4-11)7-12-10(17)8-1-2-9(16)14-13-8/h15H,1-7H2,(H,12,17)(H,14,16). The third-order valence-corrected chi connectivity index (χ3v) is 3.39. The Morgan fingerprint density at radius 1 is 1.47 bits per heavy atom. The minimum absolute atomic E-state index is 0.100. The number of aliphatic hydroxyl groups excluding tert-OH is 1. The molecule has 2 aliphatic rings. The first kappa shape index (κ1) is 12.0. The van der Waals surface area contributed by atoms with Gasteiger partial charge < -0.3 is 10.4 Å². The number of rotatable bonds is 5. The Kier molecular flexibility index (Phi) is 3.42. The molecule has 3 N–H and O–H groups in total. The van der Waals surface area contributed by atoms with E-state index in [1.54, 1.807) is 0 Å². The van der Waals surface area contributed by atoms with Gasteiger partial charge in [-0.15, -0.1) is 0 Å². The van der Waals surface area contributed by atoms with Crippen LogP contribution in [0.1, 0.15) is 32.1 Å². The quantitative estimate of drug-likeness (QED) is 0.606. The van der Waals surface area contributed by atoms with Crippen LogP contribution in [-0.2, 0) is 9.59 Å². The Hall–Kier alpha value is -1.43. The van der Waals surface area contributed by atoms with E-state index >= 15 is 0 Å². The zero-order chi connectivity index (χ0) is 12.3. The van der Waals surface area contributed by atoms with Gasteiger partial charge in [-0.3, -0.25) is 9.59 Å². The van der Waals surface area contributed by atoms with E-state index in [4.69, 9.17) is 5.11 Å². The molecule has 0 saturated heterocycles. The Morgan fingerprint density at radius 3 is 2.76 bits per heavy atom. The second kappa shape index (κ2) is 4.83. The summed E-state index contributed by atoms with van der Waals surface area (Å²) in [7, 11) is 0. The molecule has 0 radical (unpaired) electrons. The van der Waals surface area contributed by atoms with Gasteiger partial charge in [0, 0.05) is 26.0 Å². The maximum Gasteiger partial charge on any atom is 0.267 e. The van der Waals surface area contributed by atoms with E-state index in [1.807, 2.05) is 0 Å². The SMILES string of the molecule is O=C1CCC(C(=O)NCC2(CCO)CC2)=NN1. The summed E-state index contributed by atoms with van der Waals surface area (Å²) in [5.74, 6) is -0.366. The molecule has 0 aromatic rings. The summed E-state index contributed by atoms with van der Waals surface area (Å²) < 4.78 is 0. The Bertz CT molecular complexity index is 361. The number of amides is 2. The summed E-state index contributed by atoms with van der Waals surface area (Å²) in [5.41, 5.74) is 2.78. The van der Waals surface area contributed by atoms with Crippen molar-refractivity contribution >= 4 is 17.5 Å². The number of hydrogen-bond acceptors (Lipinski definition) is 4. The van der Waals surface area contributed by atoms with Gasteiger partial charge in [-0.05, 0) is 24.7 Å². The highest BCUT2D eigenvalue weighted by molar-refractivity contribution is 6.39. The van der Waals surface area contributed by atoms with Crippen LogP contribution in [-0.4, -0.2) is 35.8 Å². The number of hydrazone groups is 1. The molecule has 2 rings (SSSR count). The van der Waals surface area contributed by atoms with E-state index < -0.39 is 0 Å². The molecule has 6 nitrogen and oxygen atoms in total. The summed E-state index contributed by atoms with van der Waals surface area (Å²) in [6.45, 7) is 0.742. The van der Waals surface area contributed by atoms with Gasteiger partial charge in [0.25, 0.3) is 5.91 Å². The lowest BCUT2D eigenvalue weighted by atomic mass is 10.0. The first-order chi connectivity index (χ1) is 8.15. The zero-order valence-corrected chi connectivity index (χ0v) is 9.66. The van der Waals surface area contributed by atoms with Crippen molar-refractivity contribution in [2.45, 2.75) is 32.1 Å². The van der Waals surface area contributed by atoms with Crippen LogP contribution in [0.5, 0.6) is 0 Å². The Labute approximate surface area is 99.5 Å². The molecule has 94 valence electrons. The lowest BCUT2D eigenvalue weighted by molar-refractivity contribution is -0.121. The summed E-state index contributed by atoms with van der Waals surface area (Å²) in [6, 6.07) is 0. The molecule has 1 saturated carbocycles. The van der Waals surface area contributed by atoms with Crippen LogP contribution in [0, 0.1) is 5.41 Å². The lowest BCUT2D eigenvalue weighted by Crippen LogP contribution is -2.39. The third-order valence-electron chi connectivity index (χ3n) is 3.39. The van der Waals surface area contributed by atoms with Crippen LogP contribution >= 0.6 is 0 Å². The molecular formula is C11H17N3O3. The Morgan fingerprint density at radius 2 is 2.24 bits per heavy atom. The van der Waals surface area contributed by atoms with Crippen molar-refractivity contribution < 1.29 is 14.7 Å². The van der Waals surface area contributed by atoms with Crippen LogP contribution in [0.3, 0.4) is 0 Å². The first-order valence-corrected chi connectivity index (χ1v) is 5.90. The van der Waals surface area contributed by atoms with Gasteiger partial charge in [0.05, 0.1) is 0 Å². The molecule has 17 heavy (non-hydrogen) atoms. The fourth-order valence-corrected chi connectivity index (χ4v) is 1.94. The van der Waals surface area contributed by atoms with Gasteiger partial charge in [-0.25, -0.2) is 5.43 Å². The van der Waals surface area contributed by atoms with Crippen LogP contribution in [0.4, 0.5) is 0 Å². The number of nitrogens with one attached hydrogen (secondary N) is 2. The summed E-state index contributed by atoms with van der Waals surface area (Å²) in [5, 5.41) is 15.5. The van der Waals surface area contributed by atoms with Gasteiger partial charge in [-0.1, -0.05) is 0 Å². The van der Waals surface area contributed by atoms with E-state index in [9.17, 15) is 9.59 Å². The molecule has 1 heterocycles. The van der Waals surface area contributed by atoms with Crippen molar-refractivity contribution in [3.05, 3.63) is 0 Å². The van der Waals surface area contributed by atoms with E-state index in [2.05, 4.69) is 15.8 Å². The number of aliphatic hydroxyl groups is 1. The topological polar surface area (TPSA) is 90.8 Å². The highest BCUT2D eigenvalue weighted by Crippen LogP contribution is 2.47. The summed E-state index contributed by atoms with van der Waals surface area (Å²) in [4.78, 5) is 22.6. The van der Waals surface area contributed by atoms with Crippen LogP contribution in [0.2, 0.25) is 0 Å². The fourth-order valence-electron chi connectivity index (χ4n) is 1.94. The van der Waals surface area contributed by atoms with Crippen molar-refractivity contribution in [2.75, 3.05) is 13.2 Å².